The highest BCUT2D eigenvalue weighted by Gasteiger charge is 2.25. The van der Waals surface area contributed by atoms with Gasteiger partial charge in [0.05, 0.1) is 24.3 Å². The van der Waals surface area contributed by atoms with E-state index in [1.54, 1.807) is 6.92 Å². The number of benzene rings is 1. The Balaban J connectivity index is 2.70. The lowest BCUT2D eigenvalue weighted by atomic mass is 10.1. The normalized spacial score (nSPS) is 13.2. The van der Waals surface area contributed by atoms with Crippen molar-refractivity contribution in [3.63, 3.8) is 0 Å². The molecule has 0 bridgehead atoms. The molecule has 0 aromatic heterocycles. The third-order valence-corrected chi connectivity index (χ3v) is 4.21. The molecule has 1 rings (SSSR count). The number of sulfone groups is 1. The number of rotatable bonds is 8. The number of carbonyl (C=O) groups is 2. The quantitative estimate of drug-likeness (QED) is 0.577. The molecule has 0 aliphatic heterocycles. The lowest BCUT2D eigenvalue weighted by molar-refractivity contribution is -0.122. The van der Waals surface area contributed by atoms with Crippen molar-refractivity contribution in [1.29, 1.82) is 5.26 Å². The van der Waals surface area contributed by atoms with Crippen molar-refractivity contribution in [2.75, 3.05) is 18.6 Å². The molecule has 3 amide bonds. The van der Waals surface area contributed by atoms with E-state index in [1.165, 1.54) is 0 Å². The Hall–Kier alpha value is -2.60. The average molecular weight is 366 g/mol. The molecule has 0 spiro atoms. The molecule has 0 aliphatic rings. The molecule has 0 heterocycles. The third-order valence-electron chi connectivity index (χ3n) is 3.27. The zero-order valence-electron chi connectivity index (χ0n) is 14.2. The van der Waals surface area contributed by atoms with Crippen LogP contribution in [0.2, 0.25) is 0 Å². The molecule has 1 aromatic carbocycles. The van der Waals surface area contributed by atoms with Crippen molar-refractivity contribution in [3.05, 3.63) is 35.9 Å². The van der Waals surface area contributed by atoms with Gasteiger partial charge in [0.15, 0.2) is 0 Å². The van der Waals surface area contributed by atoms with Gasteiger partial charge in [-0.3, -0.25) is 4.79 Å². The summed E-state index contributed by atoms with van der Waals surface area (Å²) in [5.74, 6) is -1.18. The van der Waals surface area contributed by atoms with Crippen molar-refractivity contribution in [3.8, 4) is 6.07 Å². The first-order valence-corrected chi connectivity index (χ1v) is 9.73. The van der Waals surface area contributed by atoms with Gasteiger partial charge < -0.3 is 16.0 Å². The molecule has 0 radical (unpaired) electrons. The zero-order chi connectivity index (χ0) is 18.9. The number of urea groups is 1. The summed E-state index contributed by atoms with van der Waals surface area (Å²) in [5.41, 5.74) is 0.871. The van der Waals surface area contributed by atoms with Gasteiger partial charge >= 0.3 is 6.03 Å². The van der Waals surface area contributed by atoms with Gasteiger partial charge in [-0.2, -0.15) is 5.26 Å². The molecule has 2 unspecified atom stereocenters. The van der Waals surface area contributed by atoms with E-state index in [4.69, 9.17) is 5.26 Å². The number of hydrogen-bond acceptors (Lipinski definition) is 5. The summed E-state index contributed by atoms with van der Waals surface area (Å²) in [6.07, 6.45) is 1.07. The Kier molecular flexibility index (Phi) is 7.88. The van der Waals surface area contributed by atoms with E-state index in [0.29, 0.717) is 0 Å². The predicted molar refractivity (Wildman–Crippen MR) is 93.3 cm³/mol. The fourth-order valence-corrected chi connectivity index (χ4v) is 2.91. The average Bonchev–Trinajstić information content (AvgIpc) is 2.53. The van der Waals surface area contributed by atoms with Crippen molar-refractivity contribution < 1.29 is 18.0 Å². The second-order valence-corrected chi connectivity index (χ2v) is 7.78. The number of nitriles is 1. The summed E-state index contributed by atoms with van der Waals surface area (Å²) in [6, 6.07) is 8.85. The van der Waals surface area contributed by atoms with Crippen LogP contribution in [0.3, 0.4) is 0 Å². The van der Waals surface area contributed by atoms with E-state index >= 15 is 0 Å². The zero-order valence-corrected chi connectivity index (χ0v) is 15.0. The molecule has 2 atom stereocenters. The minimum atomic E-state index is -3.49. The maximum Gasteiger partial charge on any atom is 0.315 e. The van der Waals surface area contributed by atoms with Gasteiger partial charge in [0.25, 0.3) is 0 Å². The van der Waals surface area contributed by atoms with Gasteiger partial charge in [-0.25, -0.2) is 13.2 Å². The van der Waals surface area contributed by atoms with Gasteiger partial charge in [0.1, 0.15) is 15.9 Å². The highest BCUT2D eigenvalue weighted by atomic mass is 32.2. The number of amides is 3. The summed E-state index contributed by atoms with van der Waals surface area (Å²) in [5, 5.41) is 15.9. The van der Waals surface area contributed by atoms with Gasteiger partial charge in [-0.05, 0) is 12.5 Å². The maximum absolute atomic E-state index is 12.1. The number of nitrogens with zero attached hydrogens (tertiary/aromatic N) is 1. The fraction of sp³-hybridized carbons (Fsp3) is 0.438. The molecule has 3 N–H and O–H groups in total. The first-order chi connectivity index (χ1) is 11.7. The molecule has 0 saturated carbocycles. The van der Waals surface area contributed by atoms with Crippen LogP contribution in [-0.2, 0) is 14.6 Å². The molecule has 9 heteroatoms. The molecule has 0 saturated heterocycles. The summed E-state index contributed by atoms with van der Waals surface area (Å²) in [4.78, 5) is 24.2. The van der Waals surface area contributed by atoms with Crippen LogP contribution < -0.4 is 16.0 Å². The summed E-state index contributed by atoms with van der Waals surface area (Å²) < 4.78 is 23.0. The van der Waals surface area contributed by atoms with Crippen LogP contribution in [0, 0.1) is 11.3 Å². The molecule has 8 nitrogen and oxygen atoms in total. The lowest BCUT2D eigenvalue weighted by Gasteiger charge is -2.20. The van der Waals surface area contributed by atoms with E-state index in [-0.39, 0.29) is 19.0 Å². The van der Waals surface area contributed by atoms with Gasteiger partial charge in [0, 0.05) is 12.8 Å². The van der Waals surface area contributed by atoms with Gasteiger partial charge in [0.2, 0.25) is 5.91 Å². The third kappa shape index (κ3) is 8.17. The number of carbonyl (C=O) groups excluding carboxylic acids is 2. The smallest absolute Gasteiger partial charge is 0.315 e. The molecular weight excluding hydrogens is 344 g/mol. The number of nitrogens with one attached hydrogen (secondary N) is 3. The second-order valence-electron chi connectivity index (χ2n) is 5.59. The fourth-order valence-electron chi connectivity index (χ4n) is 2.07. The lowest BCUT2D eigenvalue weighted by Crippen LogP contribution is -2.53. The Morgan fingerprint density at radius 3 is 2.40 bits per heavy atom. The van der Waals surface area contributed by atoms with Crippen molar-refractivity contribution in [2.24, 2.45) is 0 Å². The van der Waals surface area contributed by atoms with Crippen LogP contribution in [0.5, 0.6) is 0 Å². The van der Waals surface area contributed by atoms with E-state index in [9.17, 15) is 18.0 Å². The summed E-state index contributed by atoms with van der Waals surface area (Å²) in [6.45, 7) is 1.85. The standard InChI is InChI=1S/C16H22N4O4S/c1-12(13-7-4-3-5-8-13)19-16(22)20-14(11-25(2,23)24)15(21)18-10-6-9-17/h3-5,7-8,12,14H,6,10-11H2,1-2H3,(H,18,21)(H2,19,20,22). The molecule has 0 fully saturated rings. The van der Waals surface area contributed by atoms with E-state index in [0.717, 1.165) is 11.8 Å². The molecule has 1 aromatic rings. The maximum atomic E-state index is 12.1. The molecular formula is C16H22N4O4S. The van der Waals surface area contributed by atoms with Crippen LogP contribution in [0.4, 0.5) is 4.79 Å². The highest BCUT2D eigenvalue weighted by molar-refractivity contribution is 7.90. The first kappa shape index (κ1) is 20.4. The minimum Gasteiger partial charge on any atom is -0.353 e. The second kappa shape index (κ2) is 9.64. The Bertz CT molecular complexity index is 728. The topological polar surface area (TPSA) is 128 Å². The SMILES string of the molecule is CC(NC(=O)NC(CS(C)(=O)=O)C(=O)NCCC#N)c1ccccc1. The minimum absolute atomic E-state index is 0.0827. The highest BCUT2D eigenvalue weighted by Crippen LogP contribution is 2.10. The van der Waals surface area contributed by atoms with Crippen LogP contribution in [0.25, 0.3) is 0 Å². The van der Waals surface area contributed by atoms with Crippen molar-refractivity contribution >= 4 is 21.8 Å². The largest absolute Gasteiger partial charge is 0.353 e. The first-order valence-electron chi connectivity index (χ1n) is 7.67. The van der Waals surface area contributed by atoms with Crippen molar-refractivity contribution in [2.45, 2.75) is 25.4 Å². The van der Waals surface area contributed by atoms with E-state index in [1.807, 2.05) is 36.4 Å². The summed E-state index contributed by atoms with van der Waals surface area (Å²) >= 11 is 0. The van der Waals surface area contributed by atoms with E-state index < -0.39 is 33.6 Å². The summed E-state index contributed by atoms with van der Waals surface area (Å²) in [7, 11) is -3.49. The van der Waals surface area contributed by atoms with Crippen LogP contribution in [0.1, 0.15) is 24.9 Å². The van der Waals surface area contributed by atoms with Crippen molar-refractivity contribution in [1.82, 2.24) is 16.0 Å². The Morgan fingerprint density at radius 2 is 1.84 bits per heavy atom. The predicted octanol–water partition coefficient (Wildman–Crippen LogP) is 0.490. The van der Waals surface area contributed by atoms with Gasteiger partial charge in [-0.1, -0.05) is 30.3 Å². The molecule has 136 valence electrons. The van der Waals surface area contributed by atoms with Crippen LogP contribution >= 0.6 is 0 Å². The Labute approximate surface area is 147 Å². The monoisotopic (exact) mass is 366 g/mol. The van der Waals surface area contributed by atoms with E-state index in [2.05, 4.69) is 16.0 Å². The van der Waals surface area contributed by atoms with Gasteiger partial charge in [-0.15, -0.1) is 0 Å². The molecule has 0 aliphatic carbocycles. The van der Waals surface area contributed by atoms with Crippen LogP contribution in [0.15, 0.2) is 30.3 Å². The molecule has 25 heavy (non-hydrogen) atoms. The van der Waals surface area contributed by atoms with Crippen LogP contribution in [-0.4, -0.2) is 45.0 Å². The Morgan fingerprint density at radius 1 is 1.20 bits per heavy atom. The number of hydrogen-bond donors (Lipinski definition) is 3.